The van der Waals surface area contributed by atoms with E-state index in [0.717, 1.165) is 33.0 Å². The molecule has 0 fully saturated rings. The lowest BCUT2D eigenvalue weighted by Crippen LogP contribution is -2.06. The fraction of sp³-hybridized carbons (Fsp3) is 0.167. The Labute approximate surface area is 144 Å². The first-order valence-corrected chi connectivity index (χ1v) is 8.12. The van der Waals surface area contributed by atoms with Gasteiger partial charge in [-0.15, -0.1) is 0 Å². The molecule has 0 bridgehead atoms. The third kappa shape index (κ3) is 3.40. The fourth-order valence-electron chi connectivity index (χ4n) is 2.51. The molecule has 3 rings (SSSR count). The molecule has 0 aliphatic rings. The maximum atomic E-state index is 5.38. The minimum Gasteiger partial charge on any atom is -0.496 e. The summed E-state index contributed by atoms with van der Waals surface area (Å²) >= 11 is 3.51. The normalized spacial score (nSPS) is 10.6. The average Bonchev–Trinajstić information content (AvgIpc) is 2.94. The molecule has 2 aromatic carbocycles. The lowest BCUT2D eigenvalue weighted by atomic mass is 10.2. The quantitative estimate of drug-likeness (QED) is 0.718. The predicted molar refractivity (Wildman–Crippen MR) is 96.7 cm³/mol. The summed E-state index contributed by atoms with van der Waals surface area (Å²) in [5, 5.41) is 3.37. The van der Waals surface area contributed by atoms with Gasteiger partial charge in [0.25, 0.3) is 0 Å². The van der Waals surface area contributed by atoms with Gasteiger partial charge in [0.05, 0.1) is 19.0 Å². The summed E-state index contributed by atoms with van der Waals surface area (Å²) in [6, 6.07) is 16.2. The molecule has 0 amide bonds. The van der Waals surface area contributed by atoms with Crippen molar-refractivity contribution >= 4 is 21.9 Å². The number of para-hydroxylation sites is 1. The maximum absolute atomic E-state index is 5.38. The molecular weight excluding hydrogens is 354 g/mol. The summed E-state index contributed by atoms with van der Waals surface area (Å²) < 4.78 is 8.49. The highest BCUT2D eigenvalue weighted by atomic mass is 79.9. The first kappa shape index (κ1) is 15.6. The van der Waals surface area contributed by atoms with Gasteiger partial charge in [0.15, 0.2) is 0 Å². The first-order chi connectivity index (χ1) is 11.2. The second kappa shape index (κ2) is 6.87. The van der Waals surface area contributed by atoms with Gasteiger partial charge in [0.2, 0.25) is 5.95 Å². The molecule has 1 heterocycles. The number of halogens is 1. The number of aromatic nitrogens is 2. The molecule has 1 N–H and O–H groups in total. The van der Waals surface area contributed by atoms with E-state index in [4.69, 9.17) is 4.74 Å². The van der Waals surface area contributed by atoms with Gasteiger partial charge in [-0.25, -0.2) is 4.98 Å². The highest BCUT2D eigenvalue weighted by molar-refractivity contribution is 9.10. The second-order valence-electron chi connectivity index (χ2n) is 5.20. The molecule has 0 aliphatic carbocycles. The van der Waals surface area contributed by atoms with Crippen LogP contribution in [0.3, 0.4) is 0 Å². The van der Waals surface area contributed by atoms with Gasteiger partial charge >= 0.3 is 0 Å². The Morgan fingerprint density at radius 1 is 1.17 bits per heavy atom. The molecule has 4 nitrogen and oxygen atoms in total. The van der Waals surface area contributed by atoms with Gasteiger partial charge in [0, 0.05) is 29.2 Å². The summed E-state index contributed by atoms with van der Waals surface area (Å²) in [7, 11) is 3.69. The maximum Gasteiger partial charge on any atom is 0.203 e. The molecule has 0 radical (unpaired) electrons. The summed E-state index contributed by atoms with van der Waals surface area (Å²) in [6.07, 6.45) is 1.88. The molecule has 5 heteroatoms. The van der Waals surface area contributed by atoms with E-state index in [0.29, 0.717) is 6.54 Å². The zero-order chi connectivity index (χ0) is 16.2. The van der Waals surface area contributed by atoms with Crippen molar-refractivity contribution in [1.29, 1.82) is 0 Å². The Kier molecular flexibility index (Phi) is 4.67. The van der Waals surface area contributed by atoms with Crippen molar-refractivity contribution in [2.75, 3.05) is 12.4 Å². The summed E-state index contributed by atoms with van der Waals surface area (Å²) in [6.45, 7) is 0.660. The van der Waals surface area contributed by atoms with Crippen molar-refractivity contribution in [3.63, 3.8) is 0 Å². The van der Waals surface area contributed by atoms with Crippen LogP contribution in [0.15, 0.2) is 59.2 Å². The first-order valence-electron chi connectivity index (χ1n) is 7.32. The van der Waals surface area contributed by atoms with E-state index < -0.39 is 0 Å². The molecule has 0 spiro atoms. The molecular formula is C18H18BrN3O. The van der Waals surface area contributed by atoms with E-state index in [-0.39, 0.29) is 0 Å². The van der Waals surface area contributed by atoms with E-state index in [1.165, 1.54) is 0 Å². The molecule has 0 saturated heterocycles. The third-order valence-electron chi connectivity index (χ3n) is 3.74. The number of anilines is 1. The Balaban J connectivity index is 1.80. The van der Waals surface area contributed by atoms with E-state index in [1.54, 1.807) is 7.11 Å². The number of imidazole rings is 1. The lowest BCUT2D eigenvalue weighted by Gasteiger charge is -2.11. The van der Waals surface area contributed by atoms with Crippen molar-refractivity contribution < 1.29 is 4.74 Å². The number of nitrogens with zero attached hydrogens (tertiary/aromatic N) is 2. The highest BCUT2D eigenvalue weighted by Gasteiger charge is 2.09. The third-order valence-corrected chi connectivity index (χ3v) is 4.23. The van der Waals surface area contributed by atoms with Crippen molar-refractivity contribution in [3.05, 3.63) is 64.8 Å². The van der Waals surface area contributed by atoms with Crippen LogP contribution in [0.5, 0.6) is 5.75 Å². The van der Waals surface area contributed by atoms with Gasteiger partial charge in [0.1, 0.15) is 5.75 Å². The summed E-state index contributed by atoms with van der Waals surface area (Å²) in [4.78, 5) is 4.49. The fourth-order valence-corrected chi connectivity index (χ4v) is 2.91. The Morgan fingerprint density at radius 3 is 2.78 bits per heavy atom. The van der Waals surface area contributed by atoms with Crippen LogP contribution in [-0.2, 0) is 13.6 Å². The van der Waals surface area contributed by atoms with Crippen LogP contribution in [0, 0.1) is 0 Å². The SMILES string of the molecule is COc1ccccc1CNc1ncc(-c2cccc(Br)c2)n1C. The van der Waals surface area contributed by atoms with Crippen LogP contribution in [-0.4, -0.2) is 16.7 Å². The van der Waals surface area contributed by atoms with Gasteiger partial charge in [-0.2, -0.15) is 0 Å². The Hall–Kier alpha value is -2.27. The van der Waals surface area contributed by atoms with Crippen LogP contribution >= 0.6 is 15.9 Å². The van der Waals surface area contributed by atoms with Crippen molar-refractivity contribution in [2.24, 2.45) is 7.05 Å². The van der Waals surface area contributed by atoms with Crippen LogP contribution in [0.1, 0.15) is 5.56 Å². The van der Waals surface area contributed by atoms with Crippen LogP contribution < -0.4 is 10.1 Å². The zero-order valence-corrected chi connectivity index (χ0v) is 14.7. The molecule has 3 aromatic rings. The van der Waals surface area contributed by atoms with Gasteiger partial charge in [-0.1, -0.05) is 46.3 Å². The van der Waals surface area contributed by atoms with Crippen molar-refractivity contribution in [1.82, 2.24) is 9.55 Å². The smallest absolute Gasteiger partial charge is 0.203 e. The summed E-state index contributed by atoms with van der Waals surface area (Å²) in [5.74, 6) is 1.70. The van der Waals surface area contributed by atoms with E-state index in [1.807, 2.05) is 49.6 Å². The number of methoxy groups -OCH3 is 1. The summed E-state index contributed by atoms with van der Waals surface area (Å²) in [5.41, 5.74) is 3.29. The molecule has 0 atom stereocenters. The average molecular weight is 372 g/mol. The number of nitrogens with one attached hydrogen (secondary N) is 1. The van der Waals surface area contributed by atoms with E-state index in [9.17, 15) is 0 Å². The number of benzene rings is 2. The van der Waals surface area contributed by atoms with Crippen LogP contribution in [0.4, 0.5) is 5.95 Å². The molecule has 0 unspecified atom stereocenters. The van der Waals surface area contributed by atoms with Gasteiger partial charge < -0.3 is 14.6 Å². The van der Waals surface area contributed by atoms with Gasteiger partial charge in [-0.3, -0.25) is 0 Å². The van der Waals surface area contributed by atoms with Crippen LogP contribution in [0.2, 0.25) is 0 Å². The molecule has 1 aromatic heterocycles. The second-order valence-corrected chi connectivity index (χ2v) is 6.12. The molecule has 0 aliphatic heterocycles. The monoisotopic (exact) mass is 371 g/mol. The highest BCUT2D eigenvalue weighted by Crippen LogP contribution is 2.25. The Morgan fingerprint density at radius 2 is 2.00 bits per heavy atom. The minimum absolute atomic E-state index is 0.660. The molecule has 118 valence electrons. The molecule has 23 heavy (non-hydrogen) atoms. The lowest BCUT2D eigenvalue weighted by molar-refractivity contribution is 0.410. The van der Waals surface area contributed by atoms with Crippen molar-refractivity contribution in [3.8, 4) is 17.0 Å². The van der Waals surface area contributed by atoms with E-state index >= 15 is 0 Å². The number of hydrogen-bond acceptors (Lipinski definition) is 3. The number of ether oxygens (including phenoxy) is 1. The topological polar surface area (TPSA) is 39.1 Å². The minimum atomic E-state index is 0.660. The predicted octanol–water partition coefficient (Wildman–Crippen LogP) is 4.47. The number of hydrogen-bond donors (Lipinski definition) is 1. The largest absolute Gasteiger partial charge is 0.496 e. The van der Waals surface area contributed by atoms with Crippen LogP contribution in [0.25, 0.3) is 11.3 Å². The number of rotatable bonds is 5. The zero-order valence-electron chi connectivity index (χ0n) is 13.1. The van der Waals surface area contributed by atoms with Gasteiger partial charge in [-0.05, 0) is 18.2 Å². The standard InChI is InChI=1S/C18H18BrN3O/c1-22-16(13-7-5-8-15(19)10-13)12-21-18(22)20-11-14-6-3-4-9-17(14)23-2/h3-10,12H,11H2,1-2H3,(H,20,21). The molecule has 0 saturated carbocycles. The Bertz CT molecular complexity index is 814. The van der Waals surface area contributed by atoms with Crippen molar-refractivity contribution in [2.45, 2.75) is 6.54 Å². The van der Waals surface area contributed by atoms with E-state index in [2.05, 4.69) is 42.9 Å².